The van der Waals surface area contributed by atoms with Crippen LogP contribution in [0.2, 0.25) is 0 Å². The van der Waals surface area contributed by atoms with Gasteiger partial charge in [0.2, 0.25) is 0 Å². The molecule has 4 rings (SSSR count). The Labute approximate surface area is 155 Å². The van der Waals surface area contributed by atoms with E-state index < -0.39 is 0 Å². The number of hydrogen-bond donors (Lipinski definition) is 2. The highest BCUT2D eigenvalue weighted by Gasteiger charge is 2.08. The van der Waals surface area contributed by atoms with E-state index in [9.17, 15) is 0 Å². The molecule has 2 aromatic carbocycles. The van der Waals surface area contributed by atoms with Crippen LogP contribution in [0.15, 0.2) is 59.5 Å². The normalized spacial score (nSPS) is 10.8. The Morgan fingerprint density at radius 2 is 2.00 bits per heavy atom. The summed E-state index contributed by atoms with van der Waals surface area (Å²) in [5.41, 5.74) is 5.31. The molecule has 26 heavy (non-hydrogen) atoms. The summed E-state index contributed by atoms with van der Waals surface area (Å²) in [4.78, 5) is 0. The summed E-state index contributed by atoms with van der Waals surface area (Å²) >= 11 is 5.38. The van der Waals surface area contributed by atoms with Crippen LogP contribution in [-0.4, -0.2) is 25.2 Å². The Bertz CT molecular complexity index is 1070. The van der Waals surface area contributed by atoms with Crippen LogP contribution in [0.5, 0.6) is 0 Å². The molecule has 0 bridgehead atoms. The average Bonchev–Trinajstić information content (AvgIpc) is 3.27. The quantitative estimate of drug-likeness (QED) is 0.536. The standard InChI is InChI=1S/C18H16N6OS/c1-12-5-2-3-6-13(12)10-24-11-14(9-19-24)20-18(26)21-15-7-4-8-16-17(15)23-25-22-16/h2-9,11H,10H2,1H3,(H2,20,21,26). The first-order chi connectivity index (χ1) is 12.7. The van der Waals surface area contributed by atoms with Gasteiger partial charge in [0.25, 0.3) is 0 Å². The molecule has 0 radical (unpaired) electrons. The third-order valence-corrected chi connectivity index (χ3v) is 4.22. The Morgan fingerprint density at radius 1 is 1.12 bits per heavy atom. The molecule has 8 heteroatoms. The molecule has 130 valence electrons. The molecule has 0 unspecified atom stereocenters. The molecule has 2 aromatic heterocycles. The summed E-state index contributed by atoms with van der Waals surface area (Å²) in [6, 6.07) is 13.8. The van der Waals surface area contributed by atoms with Crippen molar-refractivity contribution >= 4 is 39.7 Å². The van der Waals surface area contributed by atoms with E-state index in [-0.39, 0.29) is 0 Å². The minimum atomic E-state index is 0.441. The molecule has 0 spiro atoms. The first-order valence-electron chi connectivity index (χ1n) is 8.05. The van der Waals surface area contributed by atoms with E-state index in [1.54, 1.807) is 6.20 Å². The molecule has 4 aromatic rings. The van der Waals surface area contributed by atoms with Crippen molar-refractivity contribution in [3.8, 4) is 0 Å². The van der Waals surface area contributed by atoms with Gasteiger partial charge in [-0.1, -0.05) is 30.3 Å². The zero-order chi connectivity index (χ0) is 17.9. The summed E-state index contributed by atoms with van der Waals surface area (Å²) in [7, 11) is 0. The van der Waals surface area contributed by atoms with Gasteiger partial charge in [-0.3, -0.25) is 4.68 Å². The topological polar surface area (TPSA) is 80.8 Å². The van der Waals surface area contributed by atoms with Gasteiger partial charge >= 0.3 is 0 Å². The lowest BCUT2D eigenvalue weighted by Crippen LogP contribution is -2.19. The first kappa shape index (κ1) is 16.2. The molecular formula is C18H16N6OS. The fourth-order valence-corrected chi connectivity index (χ4v) is 2.90. The second-order valence-corrected chi connectivity index (χ2v) is 6.28. The minimum absolute atomic E-state index is 0.441. The number of thiocarbonyl (C=S) groups is 1. The second-order valence-electron chi connectivity index (χ2n) is 5.87. The van der Waals surface area contributed by atoms with Crippen molar-refractivity contribution in [3.05, 3.63) is 66.0 Å². The number of anilines is 2. The van der Waals surface area contributed by atoms with Gasteiger partial charge in [0.15, 0.2) is 10.6 Å². The summed E-state index contributed by atoms with van der Waals surface area (Å²) in [6.45, 7) is 2.80. The molecule has 7 nitrogen and oxygen atoms in total. The zero-order valence-electron chi connectivity index (χ0n) is 14.0. The van der Waals surface area contributed by atoms with Gasteiger partial charge in [-0.15, -0.1) is 0 Å². The molecule has 0 amide bonds. The van der Waals surface area contributed by atoms with E-state index in [0.29, 0.717) is 22.7 Å². The lowest BCUT2D eigenvalue weighted by molar-refractivity contribution is 0.315. The van der Waals surface area contributed by atoms with Crippen molar-refractivity contribution in [2.24, 2.45) is 0 Å². The van der Waals surface area contributed by atoms with Crippen LogP contribution >= 0.6 is 12.2 Å². The van der Waals surface area contributed by atoms with Crippen molar-refractivity contribution in [2.75, 3.05) is 10.6 Å². The zero-order valence-corrected chi connectivity index (χ0v) is 14.8. The van der Waals surface area contributed by atoms with Crippen LogP contribution in [0.3, 0.4) is 0 Å². The average molecular weight is 364 g/mol. The molecule has 0 aliphatic rings. The first-order valence-corrected chi connectivity index (χ1v) is 8.46. The summed E-state index contributed by atoms with van der Waals surface area (Å²) in [5, 5.41) is 18.8. The van der Waals surface area contributed by atoms with Crippen molar-refractivity contribution in [1.82, 2.24) is 20.1 Å². The smallest absolute Gasteiger partial charge is 0.175 e. The maximum Gasteiger partial charge on any atom is 0.175 e. The largest absolute Gasteiger partial charge is 0.331 e. The highest BCUT2D eigenvalue weighted by molar-refractivity contribution is 7.80. The predicted octanol–water partition coefficient (Wildman–Crippen LogP) is 3.58. The van der Waals surface area contributed by atoms with E-state index in [1.165, 1.54) is 11.1 Å². The van der Waals surface area contributed by atoms with Crippen molar-refractivity contribution in [2.45, 2.75) is 13.5 Å². The number of aromatic nitrogens is 4. The number of rotatable bonds is 4. The van der Waals surface area contributed by atoms with Crippen molar-refractivity contribution in [1.29, 1.82) is 0 Å². The molecule has 0 saturated heterocycles. The van der Waals surface area contributed by atoms with Gasteiger partial charge in [0, 0.05) is 6.20 Å². The van der Waals surface area contributed by atoms with Gasteiger partial charge in [-0.25, -0.2) is 4.63 Å². The number of nitrogens with zero attached hydrogens (tertiary/aromatic N) is 4. The molecule has 0 saturated carbocycles. The minimum Gasteiger partial charge on any atom is -0.331 e. The van der Waals surface area contributed by atoms with Crippen LogP contribution in [0.4, 0.5) is 11.4 Å². The maximum atomic E-state index is 5.38. The predicted molar refractivity (Wildman–Crippen MR) is 104 cm³/mol. The summed E-state index contributed by atoms with van der Waals surface area (Å²) < 4.78 is 6.63. The van der Waals surface area contributed by atoms with E-state index in [1.807, 2.05) is 41.2 Å². The highest BCUT2D eigenvalue weighted by atomic mass is 32.1. The molecule has 2 N–H and O–H groups in total. The highest BCUT2D eigenvalue weighted by Crippen LogP contribution is 2.20. The SMILES string of the molecule is Cc1ccccc1Cn1cc(NC(=S)Nc2cccc3nonc23)cn1. The third kappa shape index (κ3) is 3.40. The molecule has 0 atom stereocenters. The third-order valence-electron chi connectivity index (χ3n) is 4.02. The monoisotopic (exact) mass is 364 g/mol. The van der Waals surface area contributed by atoms with Crippen molar-refractivity contribution in [3.63, 3.8) is 0 Å². The maximum absolute atomic E-state index is 5.38. The van der Waals surface area contributed by atoms with Crippen LogP contribution in [0.1, 0.15) is 11.1 Å². The molecule has 0 aliphatic carbocycles. The number of aryl methyl sites for hydroxylation is 1. The number of nitrogens with one attached hydrogen (secondary N) is 2. The number of hydrogen-bond acceptors (Lipinski definition) is 5. The number of benzene rings is 2. The van der Waals surface area contributed by atoms with Crippen molar-refractivity contribution < 1.29 is 4.63 Å². The van der Waals surface area contributed by atoms with Crippen LogP contribution < -0.4 is 10.6 Å². The Balaban J connectivity index is 1.43. The van der Waals surface area contributed by atoms with E-state index in [2.05, 4.69) is 45.1 Å². The van der Waals surface area contributed by atoms with Crippen LogP contribution in [0, 0.1) is 6.92 Å². The van der Waals surface area contributed by atoms with Gasteiger partial charge in [0.1, 0.15) is 5.52 Å². The number of fused-ring (bicyclic) bond motifs is 1. The summed E-state index contributed by atoms with van der Waals surface area (Å²) in [5.74, 6) is 0. The van der Waals surface area contributed by atoms with Gasteiger partial charge in [-0.2, -0.15) is 5.10 Å². The lowest BCUT2D eigenvalue weighted by Gasteiger charge is -2.09. The van der Waals surface area contributed by atoms with Gasteiger partial charge in [0.05, 0.1) is 24.1 Å². The molecule has 2 heterocycles. The van der Waals surface area contributed by atoms with E-state index >= 15 is 0 Å². The Morgan fingerprint density at radius 3 is 2.88 bits per heavy atom. The Kier molecular flexibility index (Phi) is 4.32. The van der Waals surface area contributed by atoms with Gasteiger partial charge < -0.3 is 10.6 Å². The van der Waals surface area contributed by atoms with Gasteiger partial charge in [-0.05, 0) is 52.7 Å². The molecule has 0 fully saturated rings. The van der Waals surface area contributed by atoms with Crippen LogP contribution in [0.25, 0.3) is 11.0 Å². The molecule has 0 aliphatic heterocycles. The fourth-order valence-electron chi connectivity index (χ4n) is 2.67. The fraction of sp³-hybridized carbons (Fsp3) is 0.111. The lowest BCUT2D eigenvalue weighted by atomic mass is 10.1. The second kappa shape index (κ2) is 6.93. The van der Waals surface area contributed by atoms with E-state index in [4.69, 9.17) is 16.8 Å². The summed E-state index contributed by atoms with van der Waals surface area (Å²) in [6.07, 6.45) is 3.66. The molecular weight excluding hydrogens is 348 g/mol. The van der Waals surface area contributed by atoms with Crippen LogP contribution in [-0.2, 0) is 6.54 Å². The van der Waals surface area contributed by atoms with E-state index in [0.717, 1.165) is 11.4 Å². The Hall–Kier alpha value is -3.26.